The Labute approximate surface area is 45.1 Å². The van der Waals surface area contributed by atoms with Crippen LogP contribution >= 0.6 is 8.46 Å². The maximum absolute atomic E-state index is 9.90. The molecule has 0 rings (SSSR count). The van der Waals surface area contributed by atoms with E-state index < -0.39 is 8.46 Å². The molecule has 2 nitrogen and oxygen atoms in total. The van der Waals surface area contributed by atoms with Crippen LogP contribution in [0, 0.1) is 0 Å². The van der Waals surface area contributed by atoms with Crippen LogP contribution in [-0.2, 0) is 9.30 Å². The van der Waals surface area contributed by atoms with E-state index in [0.717, 1.165) is 0 Å². The lowest BCUT2D eigenvalue weighted by atomic mass is 10.5. The van der Waals surface area contributed by atoms with E-state index in [0.29, 0.717) is 6.16 Å². The summed E-state index contributed by atoms with van der Waals surface area (Å²) in [6.07, 6.45) is 0.878. The molecule has 2 unspecified atom stereocenters. The van der Waals surface area contributed by atoms with E-state index in [4.69, 9.17) is 4.74 Å². The van der Waals surface area contributed by atoms with Gasteiger partial charge >= 0.3 is 0 Å². The molecule has 0 spiro atoms. The Morgan fingerprint density at radius 2 is 2.43 bits per heavy atom. The number of hydrogen-bond acceptors (Lipinski definition) is 2. The molecule has 0 saturated carbocycles. The summed E-state index contributed by atoms with van der Waals surface area (Å²) in [7, 11) is 1.000. The summed E-state index contributed by atoms with van der Waals surface area (Å²) in [5.74, 6) is 0. The Bertz CT molecular complexity index is 55.7. The molecule has 0 bridgehead atoms. The minimum atomic E-state index is -0.625. The molecule has 0 saturated heterocycles. The second-order valence-corrected chi connectivity index (χ2v) is 2.25. The number of methoxy groups -OCH3 is 1. The normalized spacial score (nSPS) is 15.7. The van der Waals surface area contributed by atoms with Crippen molar-refractivity contribution in [3.8, 4) is 0 Å². The average Bonchev–Trinajstić information content (AvgIpc) is 1.68. The van der Waals surface area contributed by atoms with Crippen molar-refractivity contribution < 1.29 is 9.30 Å². The first kappa shape index (κ1) is 7.19. The fraction of sp³-hybridized carbons (Fsp3) is 1.00. The van der Waals surface area contributed by atoms with Crippen molar-refractivity contribution in [3.63, 3.8) is 0 Å². The maximum atomic E-state index is 9.90. The highest BCUT2D eigenvalue weighted by Gasteiger charge is 1.92. The second kappa shape index (κ2) is 4.35. The fourth-order valence-corrected chi connectivity index (χ4v) is 0.695. The van der Waals surface area contributed by atoms with Gasteiger partial charge < -0.3 is 9.30 Å². The molecule has 0 fully saturated rings. The molecule has 0 aliphatic carbocycles. The van der Waals surface area contributed by atoms with Crippen molar-refractivity contribution in [2.75, 3.05) is 13.3 Å². The quantitative estimate of drug-likeness (QED) is 0.517. The molecule has 0 aromatic heterocycles. The highest BCUT2D eigenvalue weighted by molar-refractivity contribution is 7.23. The zero-order chi connectivity index (χ0) is 5.70. The topological polar surface area (TPSA) is 26.3 Å². The summed E-state index contributed by atoms with van der Waals surface area (Å²) in [6, 6.07) is 0. The van der Waals surface area contributed by atoms with Crippen LogP contribution in [-0.4, -0.2) is 19.4 Å². The van der Waals surface area contributed by atoms with Gasteiger partial charge in [-0.25, -0.2) is 0 Å². The second-order valence-electron chi connectivity index (χ2n) is 1.45. The largest absolute Gasteiger partial charge is 0.381 e. The first-order valence-corrected chi connectivity index (χ1v) is 3.56. The Kier molecular flexibility index (Phi) is 4.47. The van der Waals surface area contributed by atoms with Gasteiger partial charge in [0.15, 0.2) is 0 Å². The summed E-state index contributed by atoms with van der Waals surface area (Å²) in [5, 5.41) is 0. The van der Waals surface area contributed by atoms with Crippen molar-refractivity contribution in [1.29, 1.82) is 0 Å². The predicted octanol–water partition coefficient (Wildman–Crippen LogP) is 0.778. The van der Waals surface area contributed by atoms with E-state index in [-0.39, 0.29) is 6.10 Å². The molecule has 0 amide bonds. The Hall–Kier alpha value is 0.190. The van der Waals surface area contributed by atoms with Crippen molar-refractivity contribution >= 4 is 8.46 Å². The highest BCUT2D eigenvalue weighted by Crippen LogP contribution is 1.97. The minimum Gasteiger partial charge on any atom is -0.381 e. The summed E-state index contributed by atoms with van der Waals surface area (Å²) in [4.78, 5) is 0. The third-order valence-electron chi connectivity index (χ3n) is 0.831. The fourth-order valence-electron chi connectivity index (χ4n) is 0.232. The van der Waals surface area contributed by atoms with Crippen molar-refractivity contribution in [3.05, 3.63) is 0 Å². The molecular formula is C4H11O2P. The number of ether oxygens (including phenoxy) is 1. The van der Waals surface area contributed by atoms with E-state index in [2.05, 4.69) is 0 Å². The molecule has 0 aromatic rings. The van der Waals surface area contributed by atoms with Gasteiger partial charge in [0.2, 0.25) is 0 Å². The van der Waals surface area contributed by atoms with Gasteiger partial charge in [-0.3, -0.25) is 0 Å². The monoisotopic (exact) mass is 122 g/mol. The molecule has 0 radical (unpaired) electrons. The molecule has 0 aliphatic heterocycles. The standard InChI is InChI=1S/C4H11O2P/c1-4(6-2)3-7-5/h4H,3,7H2,1-2H3. The lowest BCUT2D eigenvalue weighted by molar-refractivity contribution is 0.137. The molecule has 0 N–H and O–H groups in total. The first-order chi connectivity index (χ1) is 3.31. The summed E-state index contributed by atoms with van der Waals surface area (Å²) < 4.78 is 14.7. The van der Waals surface area contributed by atoms with Crippen LogP contribution in [0.25, 0.3) is 0 Å². The van der Waals surface area contributed by atoms with Crippen LogP contribution in [0.1, 0.15) is 6.92 Å². The van der Waals surface area contributed by atoms with Crippen molar-refractivity contribution in [1.82, 2.24) is 0 Å². The SMILES string of the molecule is COC(C)C[PH2]=O. The van der Waals surface area contributed by atoms with Gasteiger partial charge in [0.05, 0.1) is 14.6 Å². The first-order valence-electron chi connectivity index (χ1n) is 2.27. The molecule has 0 aliphatic rings. The molecular weight excluding hydrogens is 111 g/mol. The molecule has 44 valence electrons. The van der Waals surface area contributed by atoms with E-state index in [9.17, 15) is 4.57 Å². The summed E-state index contributed by atoms with van der Waals surface area (Å²) >= 11 is 0. The molecule has 3 heteroatoms. The molecule has 0 heterocycles. The lowest BCUT2D eigenvalue weighted by Crippen LogP contribution is -2.04. The third-order valence-corrected chi connectivity index (χ3v) is 1.69. The van der Waals surface area contributed by atoms with Gasteiger partial charge in [-0.05, 0) is 6.92 Å². The van der Waals surface area contributed by atoms with Gasteiger partial charge in [0, 0.05) is 13.3 Å². The lowest BCUT2D eigenvalue weighted by Gasteiger charge is -2.01. The molecule has 0 aromatic carbocycles. The van der Waals surface area contributed by atoms with Crippen LogP contribution < -0.4 is 0 Å². The van der Waals surface area contributed by atoms with Gasteiger partial charge in [-0.1, -0.05) is 0 Å². The number of rotatable bonds is 3. The Morgan fingerprint density at radius 3 is 2.57 bits per heavy atom. The zero-order valence-electron chi connectivity index (χ0n) is 4.68. The minimum absolute atomic E-state index is 0.174. The summed E-state index contributed by atoms with van der Waals surface area (Å²) in [5.41, 5.74) is 0. The van der Waals surface area contributed by atoms with E-state index in [1.54, 1.807) is 7.11 Å². The van der Waals surface area contributed by atoms with Gasteiger partial charge in [0.25, 0.3) is 0 Å². The zero-order valence-corrected chi connectivity index (χ0v) is 5.83. The molecule has 2 atom stereocenters. The Morgan fingerprint density at radius 1 is 1.86 bits per heavy atom. The van der Waals surface area contributed by atoms with Crippen LogP contribution in [0.4, 0.5) is 0 Å². The predicted molar refractivity (Wildman–Crippen MR) is 31.7 cm³/mol. The Balaban J connectivity index is 2.98. The van der Waals surface area contributed by atoms with Gasteiger partial charge in [0.1, 0.15) is 0 Å². The van der Waals surface area contributed by atoms with E-state index >= 15 is 0 Å². The van der Waals surface area contributed by atoms with Crippen LogP contribution in [0.15, 0.2) is 0 Å². The number of hydrogen-bond donors (Lipinski definition) is 0. The van der Waals surface area contributed by atoms with Gasteiger partial charge in [-0.2, -0.15) is 0 Å². The summed E-state index contributed by atoms with van der Waals surface area (Å²) in [6.45, 7) is 1.91. The average molecular weight is 122 g/mol. The van der Waals surface area contributed by atoms with Crippen LogP contribution in [0.5, 0.6) is 0 Å². The third kappa shape index (κ3) is 4.03. The van der Waals surface area contributed by atoms with Gasteiger partial charge in [-0.15, -0.1) is 0 Å². The van der Waals surface area contributed by atoms with E-state index in [1.807, 2.05) is 6.92 Å². The highest BCUT2D eigenvalue weighted by atomic mass is 31.1. The smallest absolute Gasteiger partial charge is 0.0670 e. The van der Waals surface area contributed by atoms with Crippen LogP contribution in [0.3, 0.4) is 0 Å². The van der Waals surface area contributed by atoms with Crippen LogP contribution in [0.2, 0.25) is 0 Å². The van der Waals surface area contributed by atoms with Crippen molar-refractivity contribution in [2.24, 2.45) is 0 Å². The molecule has 7 heavy (non-hydrogen) atoms. The maximum Gasteiger partial charge on any atom is 0.0670 e. The van der Waals surface area contributed by atoms with E-state index in [1.165, 1.54) is 0 Å². The van der Waals surface area contributed by atoms with Crippen molar-refractivity contribution in [2.45, 2.75) is 13.0 Å².